The zero-order chi connectivity index (χ0) is 28.3. The fourth-order valence-corrected chi connectivity index (χ4v) is 4.90. The summed E-state index contributed by atoms with van der Waals surface area (Å²) >= 11 is 13.8. The Hall–Kier alpha value is -2.43. The Morgan fingerprint density at radius 2 is 1.62 bits per heavy atom. The second kappa shape index (κ2) is 12.0. The van der Waals surface area contributed by atoms with Gasteiger partial charge in [0.2, 0.25) is 5.96 Å². The van der Waals surface area contributed by atoms with Gasteiger partial charge in [0.15, 0.2) is 0 Å². The zero-order valence-electron chi connectivity index (χ0n) is 22.7. The highest BCUT2D eigenvalue weighted by atomic mass is 35.5. The van der Waals surface area contributed by atoms with Crippen LogP contribution in [0.4, 0.5) is 9.59 Å². The topological polar surface area (TPSA) is 112 Å². The summed E-state index contributed by atoms with van der Waals surface area (Å²) in [4.78, 5) is 35.9. The lowest BCUT2D eigenvalue weighted by Gasteiger charge is -2.26. The lowest BCUT2D eigenvalue weighted by molar-refractivity contribution is 0.0351. The van der Waals surface area contributed by atoms with Gasteiger partial charge in [-0.2, -0.15) is 0 Å². The first-order chi connectivity index (χ1) is 16.9. The number of hydrogen-bond acceptors (Lipinski definition) is 6. The highest BCUT2D eigenvalue weighted by Crippen LogP contribution is 2.37. The van der Waals surface area contributed by atoms with Gasteiger partial charge >= 0.3 is 12.2 Å². The van der Waals surface area contributed by atoms with Crippen LogP contribution in [0.5, 0.6) is 0 Å². The van der Waals surface area contributed by atoms with Crippen molar-refractivity contribution in [3.8, 4) is 0 Å². The number of nitrogens with zero attached hydrogens (tertiary/aromatic N) is 4. The molecule has 0 fully saturated rings. The van der Waals surface area contributed by atoms with Crippen molar-refractivity contribution < 1.29 is 19.1 Å². The van der Waals surface area contributed by atoms with Crippen LogP contribution in [0.1, 0.15) is 72.8 Å². The van der Waals surface area contributed by atoms with Crippen molar-refractivity contribution in [2.45, 2.75) is 89.0 Å². The molecule has 2 rings (SSSR count). The van der Waals surface area contributed by atoms with Crippen molar-refractivity contribution in [1.29, 1.82) is 0 Å². The quantitative estimate of drug-likeness (QED) is 0.304. The number of carbonyl (C=O) groups is 2. The van der Waals surface area contributed by atoms with Gasteiger partial charge in [-0.15, -0.1) is 4.99 Å². The molecule has 1 aromatic carbocycles. The molecule has 204 valence electrons. The normalized spacial score (nSPS) is 12.6. The van der Waals surface area contributed by atoms with Crippen LogP contribution < -0.4 is 5.73 Å². The van der Waals surface area contributed by atoms with Crippen molar-refractivity contribution in [2.24, 2.45) is 17.8 Å². The fourth-order valence-electron chi connectivity index (χ4n) is 3.02. The molecule has 12 heteroatoms. The van der Waals surface area contributed by atoms with E-state index < -0.39 is 23.4 Å². The van der Waals surface area contributed by atoms with Crippen molar-refractivity contribution in [3.63, 3.8) is 0 Å². The lowest BCUT2D eigenvalue weighted by atomic mass is 10.2. The summed E-state index contributed by atoms with van der Waals surface area (Å²) in [7, 11) is 1.83. The first-order valence-electron chi connectivity index (χ1n) is 11.6. The number of amides is 2. The van der Waals surface area contributed by atoms with Crippen molar-refractivity contribution in [1.82, 2.24) is 14.5 Å². The summed E-state index contributed by atoms with van der Waals surface area (Å²) in [5.41, 5.74) is 5.34. The molecular weight excluding hydrogens is 537 g/mol. The Kier molecular flexibility index (Phi) is 9.95. The monoisotopic (exact) mass is 571 g/mol. The van der Waals surface area contributed by atoms with E-state index >= 15 is 0 Å². The van der Waals surface area contributed by atoms with Gasteiger partial charge in [-0.05, 0) is 65.7 Å². The molecule has 2 N–H and O–H groups in total. The maximum Gasteiger partial charge on any atom is 0.437 e. The molecule has 1 heterocycles. The molecule has 2 amide bonds. The highest BCUT2D eigenvalue weighted by molar-refractivity contribution is 7.99. The summed E-state index contributed by atoms with van der Waals surface area (Å²) in [5.74, 6) is 0.209. The van der Waals surface area contributed by atoms with Gasteiger partial charge in [-0.3, -0.25) is 0 Å². The number of carbonyl (C=O) groups excluding carboxylic acids is 2. The van der Waals surface area contributed by atoms with Gasteiger partial charge in [0.05, 0.1) is 12.2 Å². The summed E-state index contributed by atoms with van der Waals surface area (Å²) in [6.07, 6.45) is -1.70. The third kappa shape index (κ3) is 9.43. The maximum absolute atomic E-state index is 13.1. The Morgan fingerprint density at radius 3 is 2.11 bits per heavy atom. The van der Waals surface area contributed by atoms with Gasteiger partial charge in [-0.25, -0.2) is 19.5 Å². The van der Waals surface area contributed by atoms with E-state index in [1.807, 2.05) is 37.6 Å². The van der Waals surface area contributed by atoms with Crippen molar-refractivity contribution in [2.75, 3.05) is 0 Å². The minimum Gasteiger partial charge on any atom is -0.443 e. The van der Waals surface area contributed by atoms with E-state index in [9.17, 15) is 9.59 Å². The number of nitrogens with two attached hydrogens (primary N) is 1. The number of halogens is 2. The van der Waals surface area contributed by atoms with Crippen molar-refractivity contribution >= 4 is 53.1 Å². The zero-order valence-corrected chi connectivity index (χ0v) is 25.0. The minimum absolute atomic E-state index is 0.0693. The largest absolute Gasteiger partial charge is 0.443 e. The standard InChI is InChI=1S/C25H35Cl2N5O4S/c1-14(2)19-20(37-17-11-15(26)10-16(27)12-17)31(9)18(29-19)13-32(23(34)36-25(6,7)8)21(28)30-22(33)35-24(3,4)5/h10-12,14H,13H2,1-9H3,(H2,28,30,33). The Balaban J connectivity index is 2.50. The molecule has 0 atom stereocenters. The Morgan fingerprint density at radius 1 is 1.08 bits per heavy atom. The molecule has 0 spiro atoms. The number of imidazole rings is 1. The van der Waals surface area contributed by atoms with Crippen LogP contribution in [0.3, 0.4) is 0 Å². The number of guanidine groups is 1. The van der Waals surface area contributed by atoms with Crippen LogP contribution in [-0.4, -0.2) is 43.8 Å². The molecule has 0 aliphatic rings. The van der Waals surface area contributed by atoms with E-state index in [1.54, 1.807) is 47.6 Å². The number of ether oxygens (including phenoxy) is 2. The molecule has 0 bridgehead atoms. The van der Waals surface area contributed by atoms with Crippen LogP contribution >= 0.6 is 35.0 Å². The van der Waals surface area contributed by atoms with E-state index in [1.165, 1.54) is 11.8 Å². The molecule has 1 aromatic heterocycles. The molecule has 0 saturated carbocycles. The summed E-state index contributed by atoms with van der Waals surface area (Å²) < 4.78 is 12.6. The predicted octanol–water partition coefficient (Wildman–Crippen LogP) is 6.99. The molecule has 37 heavy (non-hydrogen) atoms. The van der Waals surface area contributed by atoms with Crippen LogP contribution in [-0.2, 0) is 23.1 Å². The van der Waals surface area contributed by atoms with Gasteiger partial charge in [0, 0.05) is 22.0 Å². The van der Waals surface area contributed by atoms with Gasteiger partial charge in [-0.1, -0.05) is 48.8 Å². The molecule has 0 radical (unpaired) electrons. The molecule has 0 saturated heterocycles. The maximum atomic E-state index is 13.1. The number of hydrogen-bond donors (Lipinski definition) is 1. The number of rotatable bonds is 5. The second-order valence-corrected chi connectivity index (χ2v) is 12.6. The van der Waals surface area contributed by atoms with Gasteiger partial charge in [0.1, 0.15) is 22.1 Å². The molecule has 0 unspecified atom stereocenters. The minimum atomic E-state index is -0.921. The van der Waals surface area contributed by atoms with E-state index in [4.69, 9.17) is 43.4 Å². The van der Waals surface area contributed by atoms with Crippen LogP contribution in [0, 0.1) is 0 Å². The van der Waals surface area contributed by atoms with Gasteiger partial charge in [0.25, 0.3) is 0 Å². The molecule has 2 aromatic rings. The molecular formula is C25H35Cl2N5O4S. The Bertz CT molecular complexity index is 1160. The van der Waals surface area contributed by atoms with Crippen molar-refractivity contribution in [3.05, 3.63) is 39.8 Å². The summed E-state index contributed by atoms with van der Waals surface area (Å²) in [6, 6.07) is 5.29. The smallest absolute Gasteiger partial charge is 0.437 e. The number of aliphatic imine (C=N–C) groups is 1. The van der Waals surface area contributed by atoms with E-state index in [2.05, 4.69) is 4.99 Å². The third-order valence-corrected chi connectivity index (χ3v) is 6.13. The first-order valence-corrected chi connectivity index (χ1v) is 13.2. The molecule has 0 aliphatic heterocycles. The fraction of sp³-hybridized carbons (Fsp3) is 0.520. The number of aromatic nitrogens is 2. The Labute approximate surface area is 232 Å². The first kappa shape index (κ1) is 30.8. The molecule has 9 nitrogen and oxygen atoms in total. The predicted molar refractivity (Wildman–Crippen MR) is 148 cm³/mol. The molecule has 0 aliphatic carbocycles. The van der Waals surface area contributed by atoms with Crippen LogP contribution in [0.25, 0.3) is 0 Å². The average Bonchev–Trinajstić information content (AvgIpc) is 2.98. The van der Waals surface area contributed by atoms with E-state index in [0.29, 0.717) is 15.9 Å². The van der Waals surface area contributed by atoms with E-state index in [-0.39, 0.29) is 18.4 Å². The van der Waals surface area contributed by atoms with Gasteiger partial charge < -0.3 is 19.8 Å². The van der Waals surface area contributed by atoms with E-state index in [0.717, 1.165) is 20.5 Å². The lowest BCUT2D eigenvalue weighted by Crippen LogP contribution is -2.45. The average molecular weight is 573 g/mol. The SMILES string of the molecule is CC(C)c1nc(CN(C(=O)OC(C)(C)C)C(N)=NC(=O)OC(C)(C)C)n(C)c1Sc1cc(Cl)cc(Cl)c1. The summed E-state index contributed by atoms with van der Waals surface area (Å²) in [6.45, 7) is 14.2. The van der Waals surface area contributed by atoms with Crippen LogP contribution in [0.2, 0.25) is 10.0 Å². The van der Waals surface area contributed by atoms with Crippen LogP contribution in [0.15, 0.2) is 33.1 Å². The second-order valence-electron chi connectivity index (χ2n) is 10.7. The summed E-state index contributed by atoms with van der Waals surface area (Å²) in [5, 5.41) is 1.88. The third-order valence-electron chi connectivity index (χ3n) is 4.55. The number of benzene rings is 1. The highest BCUT2D eigenvalue weighted by Gasteiger charge is 2.29.